The molecule has 0 aliphatic carbocycles. The molecule has 1 aromatic rings. The van der Waals surface area contributed by atoms with Gasteiger partial charge in [-0.25, -0.2) is 12.8 Å². The van der Waals surface area contributed by atoms with Gasteiger partial charge in [-0.2, -0.15) is 0 Å². The Morgan fingerprint density at radius 3 is 2.67 bits per heavy atom. The predicted octanol–water partition coefficient (Wildman–Crippen LogP) is 2.30. The summed E-state index contributed by atoms with van der Waals surface area (Å²) in [4.78, 5) is 0. The smallest absolute Gasteiger partial charge is 0.147 e. The first kappa shape index (κ1) is 15.1. The fourth-order valence-corrected chi connectivity index (χ4v) is 2.42. The van der Waals surface area contributed by atoms with Crippen molar-refractivity contribution in [3.8, 4) is 0 Å². The molecular formula is C13H20FNO2S. The lowest BCUT2D eigenvalue weighted by Crippen LogP contribution is -2.24. The normalized spacial score (nSPS) is 13.5. The molecule has 0 aliphatic heterocycles. The minimum Gasteiger partial charge on any atom is -0.310 e. The van der Waals surface area contributed by atoms with Gasteiger partial charge in [-0.15, -0.1) is 0 Å². The van der Waals surface area contributed by atoms with Crippen molar-refractivity contribution in [2.45, 2.75) is 25.8 Å². The maximum Gasteiger partial charge on any atom is 0.147 e. The van der Waals surface area contributed by atoms with Crippen molar-refractivity contribution in [2.24, 2.45) is 0 Å². The Morgan fingerprint density at radius 1 is 1.39 bits per heavy atom. The van der Waals surface area contributed by atoms with E-state index in [1.807, 2.05) is 13.0 Å². The minimum absolute atomic E-state index is 0.102. The van der Waals surface area contributed by atoms with Crippen molar-refractivity contribution < 1.29 is 12.8 Å². The lowest BCUT2D eigenvalue weighted by molar-refractivity contribution is 0.510. The van der Waals surface area contributed by atoms with Crippen LogP contribution < -0.4 is 5.32 Å². The maximum absolute atomic E-state index is 13.2. The van der Waals surface area contributed by atoms with Gasteiger partial charge in [0.15, 0.2) is 0 Å². The SMILES string of the molecule is CCCNC(CCS(C)(=O)=O)c1cccc(F)c1. The molecule has 0 saturated heterocycles. The Labute approximate surface area is 108 Å². The highest BCUT2D eigenvalue weighted by Crippen LogP contribution is 2.18. The molecule has 18 heavy (non-hydrogen) atoms. The molecule has 0 aliphatic rings. The van der Waals surface area contributed by atoms with Gasteiger partial charge in [-0.05, 0) is 37.1 Å². The molecule has 1 rings (SSSR count). The Bertz CT molecular complexity index is 474. The second-order valence-electron chi connectivity index (χ2n) is 4.48. The molecule has 1 atom stereocenters. The molecule has 0 heterocycles. The molecule has 1 unspecified atom stereocenters. The summed E-state index contributed by atoms with van der Waals surface area (Å²) in [7, 11) is -3.00. The van der Waals surface area contributed by atoms with Crippen molar-refractivity contribution in [3.63, 3.8) is 0 Å². The van der Waals surface area contributed by atoms with E-state index in [9.17, 15) is 12.8 Å². The molecule has 0 amide bonds. The van der Waals surface area contributed by atoms with Crippen LogP contribution in [0.4, 0.5) is 4.39 Å². The summed E-state index contributed by atoms with van der Waals surface area (Å²) in [5.41, 5.74) is 0.798. The molecular weight excluding hydrogens is 253 g/mol. The van der Waals surface area contributed by atoms with Crippen LogP contribution in [0.2, 0.25) is 0 Å². The average Bonchev–Trinajstić information content (AvgIpc) is 2.28. The quantitative estimate of drug-likeness (QED) is 0.829. The third-order valence-corrected chi connectivity index (χ3v) is 3.65. The minimum atomic E-state index is -3.00. The van der Waals surface area contributed by atoms with Crippen LogP contribution >= 0.6 is 0 Å². The fraction of sp³-hybridized carbons (Fsp3) is 0.538. The molecule has 1 aromatic carbocycles. The number of benzene rings is 1. The van der Waals surface area contributed by atoms with Gasteiger partial charge < -0.3 is 5.32 Å². The van der Waals surface area contributed by atoms with E-state index < -0.39 is 9.84 Å². The zero-order chi connectivity index (χ0) is 13.6. The lowest BCUT2D eigenvalue weighted by atomic mass is 10.0. The number of hydrogen-bond donors (Lipinski definition) is 1. The van der Waals surface area contributed by atoms with Crippen LogP contribution in [-0.2, 0) is 9.84 Å². The largest absolute Gasteiger partial charge is 0.310 e. The van der Waals surface area contributed by atoms with E-state index in [4.69, 9.17) is 0 Å². The van der Waals surface area contributed by atoms with E-state index in [1.165, 1.54) is 18.4 Å². The number of sulfone groups is 1. The summed E-state index contributed by atoms with van der Waals surface area (Å²) < 4.78 is 35.6. The highest BCUT2D eigenvalue weighted by atomic mass is 32.2. The molecule has 1 N–H and O–H groups in total. The third-order valence-electron chi connectivity index (χ3n) is 2.67. The van der Waals surface area contributed by atoms with Gasteiger partial charge in [0.25, 0.3) is 0 Å². The lowest BCUT2D eigenvalue weighted by Gasteiger charge is -2.18. The first-order valence-corrected chi connectivity index (χ1v) is 8.15. The molecule has 0 aromatic heterocycles. The van der Waals surface area contributed by atoms with Crippen LogP contribution in [0, 0.1) is 5.82 Å². The van der Waals surface area contributed by atoms with E-state index in [2.05, 4.69) is 5.32 Å². The monoisotopic (exact) mass is 273 g/mol. The first-order chi connectivity index (χ1) is 8.42. The molecule has 0 bridgehead atoms. The summed E-state index contributed by atoms with van der Waals surface area (Å²) in [6.07, 6.45) is 2.63. The summed E-state index contributed by atoms with van der Waals surface area (Å²) in [5.74, 6) is -0.194. The van der Waals surface area contributed by atoms with Gasteiger partial charge >= 0.3 is 0 Å². The predicted molar refractivity (Wildman–Crippen MR) is 71.8 cm³/mol. The molecule has 102 valence electrons. The Hall–Kier alpha value is -0.940. The van der Waals surface area contributed by atoms with Gasteiger partial charge in [0, 0.05) is 12.3 Å². The highest BCUT2D eigenvalue weighted by molar-refractivity contribution is 7.90. The summed E-state index contributed by atoms with van der Waals surface area (Å²) >= 11 is 0. The third kappa shape index (κ3) is 5.60. The summed E-state index contributed by atoms with van der Waals surface area (Å²) in [6, 6.07) is 6.19. The Kier molecular flexibility index (Phi) is 5.75. The maximum atomic E-state index is 13.2. The van der Waals surface area contributed by atoms with E-state index in [1.54, 1.807) is 6.07 Å². The zero-order valence-corrected chi connectivity index (χ0v) is 11.6. The van der Waals surface area contributed by atoms with Crippen molar-refractivity contribution >= 4 is 9.84 Å². The number of rotatable bonds is 7. The van der Waals surface area contributed by atoms with Crippen LogP contribution in [0.25, 0.3) is 0 Å². The van der Waals surface area contributed by atoms with E-state index in [-0.39, 0.29) is 17.6 Å². The second-order valence-corrected chi connectivity index (χ2v) is 6.74. The summed E-state index contributed by atoms with van der Waals surface area (Å²) in [6.45, 7) is 2.82. The standard InChI is InChI=1S/C13H20FNO2S/c1-3-8-15-13(7-9-18(2,16)17)11-5-4-6-12(14)10-11/h4-6,10,13,15H,3,7-9H2,1-2H3. The highest BCUT2D eigenvalue weighted by Gasteiger charge is 2.14. The second kappa shape index (κ2) is 6.85. The van der Waals surface area contributed by atoms with Crippen molar-refractivity contribution in [2.75, 3.05) is 18.6 Å². The zero-order valence-electron chi connectivity index (χ0n) is 10.8. The van der Waals surface area contributed by atoms with Crippen LogP contribution in [-0.4, -0.2) is 27.0 Å². The van der Waals surface area contributed by atoms with Crippen molar-refractivity contribution in [1.82, 2.24) is 5.32 Å². The molecule has 0 spiro atoms. The Morgan fingerprint density at radius 2 is 2.11 bits per heavy atom. The molecule has 0 saturated carbocycles. The molecule has 0 radical (unpaired) electrons. The van der Waals surface area contributed by atoms with Crippen LogP contribution in [0.5, 0.6) is 0 Å². The van der Waals surface area contributed by atoms with Crippen molar-refractivity contribution in [3.05, 3.63) is 35.6 Å². The van der Waals surface area contributed by atoms with Gasteiger partial charge in [0.1, 0.15) is 15.7 Å². The van der Waals surface area contributed by atoms with Gasteiger partial charge in [-0.1, -0.05) is 19.1 Å². The van der Waals surface area contributed by atoms with E-state index in [0.717, 1.165) is 18.5 Å². The topological polar surface area (TPSA) is 46.2 Å². The van der Waals surface area contributed by atoms with Crippen molar-refractivity contribution in [1.29, 1.82) is 0 Å². The van der Waals surface area contributed by atoms with Crippen LogP contribution in [0.3, 0.4) is 0 Å². The fourth-order valence-electron chi connectivity index (χ4n) is 1.76. The van der Waals surface area contributed by atoms with E-state index in [0.29, 0.717) is 6.42 Å². The number of nitrogens with one attached hydrogen (secondary N) is 1. The van der Waals surface area contributed by atoms with Gasteiger partial charge in [0.05, 0.1) is 5.75 Å². The first-order valence-electron chi connectivity index (χ1n) is 6.09. The summed E-state index contributed by atoms with van der Waals surface area (Å²) in [5, 5.41) is 3.25. The molecule has 0 fully saturated rings. The molecule has 3 nitrogen and oxygen atoms in total. The van der Waals surface area contributed by atoms with Crippen LogP contribution in [0.1, 0.15) is 31.4 Å². The molecule has 5 heteroatoms. The number of hydrogen-bond acceptors (Lipinski definition) is 3. The van der Waals surface area contributed by atoms with Crippen LogP contribution in [0.15, 0.2) is 24.3 Å². The Balaban J connectivity index is 2.77. The van der Waals surface area contributed by atoms with Gasteiger partial charge in [-0.3, -0.25) is 0 Å². The van der Waals surface area contributed by atoms with Gasteiger partial charge in [0.2, 0.25) is 0 Å². The van der Waals surface area contributed by atoms with E-state index >= 15 is 0 Å². The number of halogens is 1. The average molecular weight is 273 g/mol.